The summed E-state index contributed by atoms with van der Waals surface area (Å²) in [6.07, 6.45) is 7.19. The van der Waals surface area contributed by atoms with E-state index in [0.717, 1.165) is 42.3 Å². The third-order valence-corrected chi connectivity index (χ3v) is 4.22. The summed E-state index contributed by atoms with van der Waals surface area (Å²) in [6.45, 7) is 11.8. The third kappa shape index (κ3) is 3.31. The van der Waals surface area contributed by atoms with Crippen molar-refractivity contribution < 1.29 is 9.59 Å². The summed E-state index contributed by atoms with van der Waals surface area (Å²) in [6, 6.07) is 0. The van der Waals surface area contributed by atoms with Crippen molar-refractivity contribution in [2.24, 2.45) is 11.3 Å². The summed E-state index contributed by atoms with van der Waals surface area (Å²) < 4.78 is 0. The van der Waals surface area contributed by atoms with E-state index in [1.165, 1.54) is 0 Å². The van der Waals surface area contributed by atoms with E-state index in [1.807, 2.05) is 32.9 Å². The van der Waals surface area contributed by atoms with Crippen molar-refractivity contribution in [2.45, 2.75) is 47.0 Å². The zero-order valence-electron chi connectivity index (χ0n) is 12.5. The van der Waals surface area contributed by atoms with Gasteiger partial charge in [0.1, 0.15) is 6.29 Å². The largest absolute Gasteiger partial charge is 0.298 e. The average molecular weight is 260 g/mol. The van der Waals surface area contributed by atoms with E-state index in [4.69, 9.17) is 0 Å². The number of hydrogen-bond donors (Lipinski definition) is 0. The molecule has 1 aliphatic rings. The standard InChI is InChI=1S/C17H24O2/c1-12(2)15-9-8-14(4)16(19)17(15,5)10-6-7-13(3)11-18/h7-8,11,15H,1,6,9-10H2,2-5H3/b13-7-/t15-,17-/m1/s1. The Hall–Kier alpha value is -1.44. The van der Waals surface area contributed by atoms with Crippen LogP contribution in [0.2, 0.25) is 0 Å². The molecule has 0 aromatic rings. The maximum atomic E-state index is 12.5. The molecule has 2 atom stereocenters. The molecule has 0 saturated heterocycles. The van der Waals surface area contributed by atoms with Gasteiger partial charge in [0.2, 0.25) is 0 Å². The van der Waals surface area contributed by atoms with Crippen molar-refractivity contribution in [2.75, 3.05) is 0 Å². The number of ketones is 1. The maximum absolute atomic E-state index is 12.5. The lowest BCUT2D eigenvalue weighted by molar-refractivity contribution is -0.127. The predicted octanol–water partition coefficient (Wildman–Crippen LogP) is 4.03. The molecule has 0 aromatic carbocycles. The number of carbonyl (C=O) groups excluding carboxylic acids is 2. The molecular weight excluding hydrogens is 236 g/mol. The minimum absolute atomic E-state index is 0.202. The van der Waals surface area contributed by atoms with E-state index in [9.17, 15) is 9.59 Å². The lowest BCUT2D eigenvalue weighted by Crippen LogP contribution is -2.39. The summed E-state index contributed by atoms with van der Waals surface area (Å²) in [5, 5.41) is 0. The van der Waals surface area contributed by atoms with Crippen molar-refractivity contribution >= 4 is 12.1 Å². The Bertz CT molecular complexity index is 454. The molecule has 0 unspecified atom stereocenters. The second kappa shape index (κ2) is 6.14. The van der Waals surface area contributed by atoms with Crippen molar-refractivity contribution in [1.29, 1.82) is 0 Å². The molecule has 0 fully saturated rings. The normalized spacial score (nSPS) is 28.0. The zero-order chi connectivity index (χ0) is 14.6. The molecule has 1 aliphatic carbocycles. The first-order chi connectivity index (χ1) is 8.82. The highest BCUT2D eigenvalue weighted by Gasteiger charge is 2.42. The molecule has 104 valence electrons. The van der Waals surface area contributed by atoms with Crippen molar-refractivity contribution in [3.63, 3.8) is 0 Å². The molecule has 0 N–H and O–H groups in total. The Morgan fingerprint density at radius 2 is 2.16 bits per heavy atom. The number of Topliss-reactive ketones (excluding diaryl/α,β-unsaturated/α-hetero) is 1. The van der Waals surface area contributed by atoms with Crippen LogP contribution in [-0.2, 0) is 9.59 Å². The smallest absolute Gasteiger partial charge is 0.164 e. The first kappa shape index (κ1) is 15.6. The van der Waals surface area contributed by atoms with Gasteiger partial charge < -0.3 is 0 Å². The molecule has 1 rings (SSSR count). The lowest BCUT2D eigenvalue weighted by atomic mass is 9.62. The molecule has 2 nitrogen and oxygen atoms in total. The van der Waals surface area contributed by atoms with Crippen LogP contribution in [0.5, 0.6) is 0 Å². The molecule has 0 heterocycles. The van der Waals surface area contributed by atoms with E-state index in [2.05, 4.69) is 6.58 Å². The molecule has 0 amide bonds. The van der Waals surface area contributed by atoms with Crippen LogP contribution in [0.3, 0.4) is 0 Å². The van der Waals surface area contributed by atoms with Crippen LogP contribution in [0.15, 0.2) is 35.5 Å². The fourth-order valence-corrected chi connectivity index (χ4v) is 2.94. The van der Waals surface area contributed by atoms with E-state index in [-0.39, 0.29) is 17.1 Å². The quantitative estimate of drug-likeness (QED) is 0.425. The van der Waals surface area contributed by atoms with Gasteiger partial charge in [-0.3, -0.25) is 9.59 Å². The molecule has 0 saturated carbocycles. The minimum atomic E-state index is -0.385. The summed E-state index contributed by atoms with van der Waals surface area (Å²) in [5.41, 5.74) is 2.27. The fourth-order valence-electron chi connectivity index (χ4n) is 2.94. The van der Waals surface area contributed by atoms with Gasteiger partial charge in [0, 0.05) is 5.41 Å². The highest BCUT2D eigenvalue weighted by molar-refractivity contribution is 6.00. The molecule has 0 aliphatic heterocycles. The Morgan fingerprint density at radius 1 is 1.53 bits per heavy atom. The van der Waals surface area contributed by atoms with Gasteiger partial charge in [-0.15, -0.1) is 0 Å². The monoisotopic (exact) mass is 260 g/mol. The van der Waals surface area contributed by atoms with E-state index in [1.54, 1.807) is 6.92 Å². The van der Waals surface area contributed by atoms with Gasteiger partial charge in [-0.2, -0.15) is 0 Å². The van der Waals surface area contributed by atoms with Crippen LogP contribution >= 0.6 is 0 Å². The van der Waals surface area contributed by atoms with Crippen LogP contribution in [0.1, 0.15) is 47.0 Å². The fraction of sp³-hybridized carbons (Fsp3) is 0.529. The highest BCUT2D eigenvalue weighted by atomic mass is 16.1. The number of rotatable bonds is 5. The van der Waals surface area contributed by atoms with Crippen LogP contribution in [0, 0.1) is 11.3 Å². The third-order valence-electron chi connectivity index (χ3n) is 4.22. The molecular formula is C17H24O2. The summed E-state index contributed by atoms with van der Waals surface area (Å²) >= 11 is 0. The van der Waals surface area contributed by atoms with Crippen molar-refractivity contribution in [1.82, 2.24) is 0 Å². The molecule has 0 spiro atoms. The topological polar surface area (TPSA) is 34.1 Å². The molecule has 2 heteroatoms. The van der Waals surface area contributed by atoms with E-state index >= 15 is 0 Å². The van der Waals surface area contributed by atoms with Gasteiger partial charge in [0.15, 0.2) is 5.78 Å². The first-order valence-corrected chi connectivity index (χ1v) is 6.82. The average Bonchev–Trinajstić information content (AvgIpc) is 2.35. The zero-order valence-corrected chi connectivity index (χ0v) is 12.5. The van der Waals surface area contributed by atoms with Gasteiger partial charge in [0.25, 0.3) is 0 Å². The van der Waals surface area contributed by atoms with Crippen LogP contribution < -0.4 is 0 Å². The molecule has 0 bridgehead atoms. The second-order valence-corrected chi connectivity index (χ2v) is 5.87. The van der Waals surface area contributed by atoms with E-state index < -0.39 is 0 Å². The van der Waals surface area contributed by atoms with Crippen LogP contribution in [0.4, 0.5) is 0 Å². The van der Waals surface area contributed by atoms with Crippen molar-refractivity contribution in [3.05, 3.63) is 35.5 Å². The van der Waals surface area contributed by atoms with Gasteiger partial charge >= 0.3 is 0 Å². The first-order valence-electron chi connectivity index (χ1n) is 6.82. The van der Waals surface area contributed by atoms with Crippen LogP contribution in [0.25, 0.3) is 0 Å². The maximum Gasteiger partial charge on any atom is 0.164 e. The SMILES string of the molecule is C=C(C)[C@H]1CC=C(C)C(=O)[C@]1(C)CC/C=C(/C)C=O. The second-order valence-electron chi connectivity index (χ2n) is 5.87. The Labute approximate surface area is 116 Å². The van der Waals surface area contributed by atoms with Gasteiger partial charge in [-0.05, 0) is 57.1 Å². The highest BCUT2D eigenvalue weighted by Crippen LogP contribution is 2.44. The number of carbonyl (C=O) groups is 2. The van der Waals surface area contributed by atoms with Gasteiger partial charge in [0.05, 0.1) is 0 Å². The summed E-state index contributed by atoms with van der Waals surface area (Å²) in [7, 11) is 0. The van der Waals surface area contributed by atoms with Gasteiger partial charge in [-0.25, -0.2) is 0 Å². The Kier molecular flexibility index (Phi) is 5.04. The van der Waals surface area contributed by atoms with E-state index in [0.29, 0.717) is 0 Å². The summed E-state index contributed by atoms with van der Waals surface area (Å²) in [5.74, 6) is 0.428. The number of hydrogen-bond acceptors (Lipinski definition) is 2. The number of allylic oxidation sites excluding steroid dienone is 5. The summed E-state index contributed by atoms with van der Waals surface area (Å²) in [4.78, 5) is 23.1. The van der Waals surface area contributed by atoms with Crippen molar-refractivity contribution in [3.8, 4) is 0 Å². The molecule has 0 radical (unpaired) electrons. The molecule has 19 heavy (non-hydrogen) atoms. The predicted molar refractivity (Wildman–Crippen MR) is 78.8 cm³/mol. The van der Waals surface area contributed by atoms with Gasteiger partial charge in [-0.1, -0.05) is 31.2 Å². The lowest BCUT2D eigenvalue weighted by Gasteiger charge is -2.39. The molecule has 0 aromatic heterocycles. The minimum Gasteiger partial charge on any atom is -0.298 e. The van der Waals surface area contributed by atoms with Crippen LogP contribution in [-0.4, -0.2) is 12.1 Å². The Balaban J connectivity index is 2.95. The number of aldehydes is 1. The Morgan fingerprint density at radius 3 is 2.68 bits per heavy atom.